The SMILES string of the molecule is CCc1cccc(CC)c1NC(=O)c1nn(C)c2c1CCc1cnc([AsH]C3CCN(S(=O)(=O)CCCCl)CC3)nc1-2. The standard InChI is InChI=1S/C29H38AsClN6O3S/c1-4-19-8-6-9-20(5-2)24(19)33-28(38)26-23-11-10-21-18-32-29(34-25(21)27(23)36(3)35-26)30-22-12-15-37(16-13-22)41(39,40)17-7-14-31/h6,8-9,18,22,30H,4-5,7,10-17H2,1-3H3,(H,33,38). The Morgan fingerprint density at radius 3 is 2.51 bits per heavy atom. The van der Waals surface area contributed by atoms with Crippen molar-refractivity contribution in [2.24, 2.45) is 7.05 Å². The van der Waals surface area contributed by atoms with Crippen LogP contribution in [0.4, 0.5) is 5.69 Å². The first kappa shape index (κ1) is 30.2. The molecule has 1 aromatic carbocycles. The molecule has 12 heteroatoms. The monoisotopic (exact) mass is 660 g/mol. The van der Waals surface area contributed by atoms with Gasteiger partial charge in [-0.2, -0.15) is 0 Å². The molecule has 1 atom stereocenters. The van der Waals surface area contributed by atoms with Crippen LogP contribution in [-0.2, 0) is 42.8 Å². The molecule has 2 aromatic heterocycles. The third-order valence-corrected chi connectivity index (χ3v) is 13.4. The number of hydrogen-bond acceptors (Lipinski definition) is 6. The Labute approximate surface area is 254 Å². The average molecular weight is 661 g/mol. The van der Waals surface area contributed by atoms with Crippen LogP contribution >= 0.6 is 11.6 Å². The van der Waals surface area contributed by atoms with E-state index < -0.39 is 25.8 Å². The van der Waals surface area contributed by atoms with E-state index in [9.17, 15) is 13.2 Å². The minimum absolute atomic E-state index is 0.114. The molecule has 0 radical (unpaired) electrons. The van der Waals surface area contributed by atoms with Gasteiger partial charge in [0.1, 0.15) is 0 Å². The minimum atomic E-state index is -3.24. The fraction of sp³-hybridized carbons (Fsp3) is 0.517. The number of nitrogens with one attached hydrogen (secondary N) is 1. The van der Waals surface area contributed by atoms with E-state index in [2.05, 4.69) is 36.4 Å². The van der Waals surface area contributed by atoms with Gasteiger partial charge < -0.3 is 0 Å². The molecule has 2 aliphatic rings. The molecular formula is C29H38AsClN6O3S. The summed E-state index contributed by atoms with van der Waals surface area (Å²) in [7, 11) is -1.36. The van der Waals surface area contributed by atoms with Gasteiger partial charge in [-0.3, -0.25) is 0 Å². The van der Waals surface area contributed by atoms with Gasteiger partial charge in [-0.25, -0.2) is 0 Å². The van der Waals surface area contributed by atoms with E-state index in [-0.39, 0.29) is 11.7 Å². The number of halogens is 1. The Hall–Kier alpha value is -2.26. The Morgan fingerprint density at radius 2 is 1.85 bits per heavy atom. The normalized spacial score (nSPS) is 16.2. The van der Waals surface area contributed by atoms with Gasteiger partial charge in [0.05, 0.1) is 0 Å². The molecule has 1 unspecified atom stereocenters. The summed E-state index contributed by atoms with van der Waals surface area (Å²) in [6.07, 6.45) is 7.23. The van der Waals surface area contributed by atoms with Crippen molar-refractivity contribution < 1.29 is 13.2 Å². The second-order valence-corrected chi connectivity index (χ2v) is 16.4. The van der Waals surface area contributed by atoms with Crippen LogP contribution in [0.15, 0.2) is 24.4 Å². The molecule has 0 spiro atoms. The van der Waals surface area contributed by atoms with E-state index in [1.165, 1.54) is 0 Å². The fourth-order valence-electron chi connectivity index (χ4n) is 5.81. The topological polar surface area (TPSA) is 110 Å². The second-order valence-electron chi connectivity index (χ2n) is 10.7. The van der Waals surface area contributed by atoms with Crippen LogP contribution < -0.4 is 9.93 Å². The Balaban J connectivity index is 1.33. The van der Waals surface area contributed by atoms with E-state index in [4.69, 9.17) is 21.6 Å². The molecule has 1 fully saturated rings. The van der Waals surface area contributed by atoms with Crippen molar-refractivity contribution in [2.45, 2.75) is 63.5 Å². The summed E-state index contributed by atoms with van der Waals surface area (Å²) in [4.78, 5) is 23.3. The van der Waals surface area contributed by atoms with Crippen molar-refractivity contribution >= 4 is 53.6 Å². The number of para-hydroxylation sites is 1. The summed E-state index contributed by atoms with van der Waals surface area (Å²) in [6, 6.07) is 6.16. The number of carbonyl (C=O) groups is 1. The summed E-state index contributed by atoms with van der Waals surface area (Å²) in [5.41, 5.74) is 7.37. The van der Waals surface area contributed by atoms with Gasteiger partial charge in [-0.05, 0) is 0 Å². The van der Waals surface area contributed by atoms with Crippen LogP contribution in [0, 0.1) is 0 Å². The number of benzene rings is 1. The van der Waals surface area contributed by atoms with Crippen molar-refractivity contribution in [3.63, 3.8) is 0 Å². The van der Waals surface area contributed by atoms with E-state index in [0.717, 1.165) is 76.0 Å². The number of piperidine rings is 1. The summed E-state index contributed by atoms with van der Waals surface area (Å²) >= 11 is 5.04. The first-order valence-corrected chi connectivity index (χ1v) is 18.8. The number of rotatable bonds is 10. The number of anilines is 1. The molecule has 1 N–H and O–H groups in total. The zero-order valence-electron chi connectivity index (χ0n) is 23.9. The maximum atomic E-state index is 13.6. The van der Waals surface area contributed by atoms with E-state index in [1.54, 1.807) is 8.99 Å². The van der Waals surface area contributed by atoms with Gasteiger partial charge in [-0.15, -0.1) is 0 Å². The van der Waals surface area contributed by atoms with Crippen LogP contribution in [0.1, 0.15) is 65.9 Å². The molecule has 0 bridgehead atoms. The molecular weight excluding hydrogens is 623 g/mol. The van der Waals surface area contributed by atoms with Gasteiger partial charge in [-0.1, -0.05) is 0 Å². The number of aromatic nitrogens is 4. The first-order valence-electron chi connectivity index (χ1n) is 14.4. The summed E-state index contributed by atoms with van der Waals surface area (Å²) in [6.45, 7) is 5.29. The first-order chi connectivity index (χ1) is 19.7. The Bertz CT molecular complexity index is 1510. The number of amides is 1. The molecule has 1 amide bonds. The van der Waals surface area contributed by atoms with Crippen molar-refractivity contribution in [3.8, 4) is 11.4 Å². The predicted molar refractivity (Wildman–Crippen MR) is 165 cm³/mol. The number of hydrogen-bond donors (Lipinski definition) is 1. The van der Waals surface area contributed by atoms with Crippen molar-refractivity contribution in [1.82, 2.24) is 24.1 Å². The fourth-order valence-corrected chi connectivity index (χ4v) is 10.2. The summed E-state index contributed by atoms with van der Waals surface area (Å²) < 4.78 is 29.8. The van der Waals surface area contributed by atoms with Crippen LogP contribution in [-0.4, -0.2) is 78.9 Å². The van der Waals surface area contributed by atoms with Gasteiger partial charge in [0.25, 0.3) is 0 Å². The van der Waals surface area contributed by atoms with Crippen LogP contribution in [0.2, 0.25) is 4.71 Å². The Kier molecular flexibility index (Phi) is 9.53. The third-order valence-electron chi connectivity index (χ3n) is 8.05. The molecule has 3 heterocycles. The van der Waals surface area contributed by atoms with E-state index in [0.29, 0.717) is 42.2 Å². The number of carbonyl (C=O) groups excluding carboxylic acids is 1. The van der Waals surface area contributed by atoms with E-state index in [1.807, 2.05) is 19.3 Å². The molecule has 220 valence electrons. The predicted octanol–water partition coefficient (Wildman–Crippen LogP) is 3.26. The van der Waals surface area contributed by atoms with Crippen LogP contribution in [0.5, 0.6) is 0 Å². The van der Waals surface area contributed by atoms with Crippen LogP contribution in [0.3, 0.4) is 0 Å². The molecule has 1 aliphatic heterocycles. The van der Waals surface area contributed by atoms with Gasteiger partial charge >= 0.3 is 255 Å². The van der Waals surface area contributed by atoms with Crippen molar-refractivity contribution in [3.05, 3.63) is 52.3 Å². The molecule has 9 nitrogen and oxygen atoms in total. The van der Waals surface area contributed by atoms with Gasteiger partial charge in [0.15, 0.2) is 0 Å². The summed E-state index contributed by atoms with van der Waals surface area (Å²) in [5, 5.41) is 7.86. The van der Waals surface area contributed by atoms with Crippen molar-refractivity contribution in [1.29, 1.82) is 0 Å². The third kappa shape index (κ3) is 6.41. The van der Waals surface area contributed by atoms with Crippen LogP contribution in [0.25, 0.3) is 11.4 Å². The second kappa shape index (κ2) is 12.9. The van der Waals surface area contributed by atoms with E-state index >= 15 is 0 Å². The zero-order chi connectivity index (χ0) is 29.1. The molecule has 3 aromatic rings. The Morgan fingerprint density at radius 1 is 1.15 bits per heavy atom. The van der Waals surface area contributed by atoms with Crippen molar-refractivity contribution in [2.75, 3.05) is 30.0 Å². The number of nitrogens with zero attached hydrogens (tertiary/aromatic N) is 5. The number of aryl methyl sites for hydroxylation is 4. The van der Waals surface area contributed by atoms with Gasteiger partial charge in [0.2, 0.25) is 0 Å². The molecule has 1 saturated heterocycles. The maximum absolute atomic E-state index is 13.6. The molecule has 41 heavy (non-hydrogen) atoms. The summed E-state index contributed by atoms with van der Waals surface area (Å²) in [5.74, 6) is 0.286. The average Bonchev–Trinajstić information content (AvgIpc) is 3.33. The molecule has 0 saturated carbocycles. The quantitative estimate of drug-likeness (QED) is 0.264. The zero-order valence-corrected chi connectivity index (χ0v) is 27.6. The number of fused-ring (bicyclic) bond motifs is 3. The number of sulfonamides is 1. The molecule has 5 rings (SSSR count). The van der Waals surface area contributed by atoms with Gasteiger partial charge in [0, 0.05) is 0 Å². The number of alkyl halides is 1. The molecule has 1 aliphatic carbocycles.